The SMILES string of the molecule is O=C(COc1ccc([N+](=O)[O-])cc1)NNC(=O)c1ccc(COc2ccc(Cl)cc2)cc1. The number of benzene rings is 3. The first-order valence-electron chi connectivity index (χ1n) is 9.34. The van der Waals surface area contributed by atoms with Crippen LogP contribution in [-0.4, -0.2) is 23.3 Å². The summed E-state index contributed by atoms with van der Waals surface area (Å²) >= 11 is 5.83. The Morgan fingerprint density at radius 1 is 0.844 bits per heavy atom. The number of ether oxygens (including phenoxy) is 2. The molecule has 3 rings (SSSR count). The molecule has 2 N–H and O–H groups in total. The molecule has 2 amide bonds. The van der Waals surface area contributed by atoms with Crippen molar-refractivity contribution in [1.29, 1.82) is 0 Å². The molecule has 10 heteroatoms. The highest BCUT2D eigenvalue weighted by atomic mass is 35.5. The molecule has 0 unspecified atom stereocenters. The molecule has 0 bridgehead atoms. The van der Waals surface area contributed by atoms with Gasteiger partial charge in [-0.05, 0) is 54.1 Å². The van der Waals surface area contributed by atoms with Gasteiger partial charge in [-0.25, -0.2) is 0 Å². The molecule has 0 radical (unpaired) electrons. The quantitative estimate of drug-likeness (QED) is 0.395. The van der Waals surface area contributed by atoms with Crippen LogP contribution in [0.2, 0.25) is 5.02 Å². The molecule has 0 aliphatic heterocycles. The van der Waals surface area contributed by atoms with Crippen molar-refractivity contribution in [3.63, 3.8) is 0 Å². The van der Waals surface area contributed by atoms with E-state index in [2.05, 4.69) is 10.9 Å². The maximum Gasteiger partial charge on any atom is 0.276 e. The molecule has 0 aliphatic carbocycles. The number of nitrogens with one attached hydrogen (secondary N) is 2. The highest BCUT2D eigenvalue weighted by molar-refractivity contribution is 6.30. The summed E-state index contributed by atoms with van der Waals surface area (Å²) in [6.45, 7) is -0.0562. The Balaban J connectivity index is 1.41. The van der Waals surface area contributed by atoms with Crippen LogP contribution in [0.3, 0.4) is 0 Å². The number of rotatable bonds is 8. The number of nitro benzene ring substituents is 1. The largest absolute Gasteiger partial charge is 0.489 e. The molecule has 0 fully saturated rings. The average Bonchev–Trinajstić information content (AvgIpc) is 2.81. The first-order chi connectivity index (χ1) is 15.4. The number of halogens is 1. The lowest BCUT2D eigenvalue weighted by molar-refractivity contribution is -0.384. The Kier molecular flexibility index (Phi) is 7.60. The number of carbonyl (C=O) groups excluding carboxylic acids is 2. The lowest BCUT2D eigenvalue weighted by Crippen LogP contribution is -2.43. The summed E-state index contributed by atoms with van der Waals surface area (Å²) in [5.41, 5.74) is 5.65. The van der Waals surface area contributed by atoms with Crippen molar-refractivity contribution in [1.82, 2.24) is 10.9 Å². The zero-order chi connectivity index (χ0) is 22.9. The van der Waals surface area contributed by atoms with Crippen molar-refractivity contribution in [3.8, 4) is 11.5 Å². The van der Waals surface area contributed by atoms with Crippen molar-refractivity contribution in [2.45, 2.75) is 6.61 Å². The average molecular weight is 456 g/mol. The molecule has 3 aromatic carbocycles. The van der Waals surface area contributed by atoms with Gasteiger partial charge in [0.15, 0.2) is 6.61 Å². The monoisotopic (exact) mass is 455 g/mol. The highest BCUT2D eigenvalue weighted by Gasteiger charge is 2.09. The summed E-state index contributed by atoms with van der Waals surface area (Å²) in [6.07, 6.45) is 0. The number of hydrogen-bond donors (Lipinski definition) is 2. The minimum Gasteiger partial charge on any atom is -0.489 e. The normalized spacial score (nSPS) is 10.2. The number of non-ortho nitro benzene ring substituents is 1. The van der Waals surface area contributed by atoms with Crippen LogP contribution in [0.15, 0.2) is 72.8 Å². The van der Waals surface area contributed by atoms with Gasteiger partial charge in [-0.1, -0.05) is 23.7 Å². The Labute approximate surface area is 188 Å². The van der Waals surface area contributed by atoms with E-state index in [1.165, 1.54) is 24.3 Å². The highest BCUT2D eigenvalue weighted by Crippen LogP contribution is 2.18. The zero-order valence-corrected chi connectivity index (χ0v) is 17.4. The van der Waals surface area contributed by atoms with Gasteiger partial charge in [-0.3, -0.25) is 30.6 Å². The van der Waals surface area contributed by atoms with Crippen LogP contribution in [0, 0.1) is 10.1 Å². The van der Waals surface area contributed by atoms with Crippen LogP contribution >= 0.6 is 11.6 Å². The maximum absolute atomic E-state index is 12.2. The van der Waals surface area contributed by atoms with Crippen molar-refractivity contribution in [3.05, 3.63) is 99.1 Å². The third-order valence-corrected chi connectivity index (χ3v) is 4.42. The summed E-state index contributed by atoms with van der Waals surface area (Å²) in [6, 6.07) is 19.0. The van der Waals surface area contributed by atoms with E-state index in [-0.39, 0.29) is 18.0 Å². The van der Waals surface area contributed by atoms with E-state index in [4.69, 9.17) is 21.1 Å². The Bertz CT molecular complexity index is 1090. The number of nitro groups is 1. The van der Waals surface area contributed by atoms with Crippen LogP contribution in [0.25, 0.3) is 0 Å². The summed E-state index contributed by atoms with van der Waals surface area (Å²) in [7, 11) is 0. The lowest BCUT2D eigenvalue weighted by Gasteiger charge is -2.10. The summed E-state index contributed by atoms with van der Waals surface area (Å²) in [4.78, 5) is 34.1. The van der Waals surface area contributed by atoms with Gasteiger partial charge in [0.2, 0.25) is 0 Å². The molecule has 0 heterocycles. The fraction of sp³-hybridized carbons (Fsp3) is 0.0909. The molecule has 0 spiro atoms. The molecule has 9 nitrogen and oxygen atoms in total. The van der Waals surface area contributed by atoms with Gasteiger partial charge in [0.25, 0.3) is 17.5 Å². The minimum atomic E-state index is -0.593. The second-order valence-electron chi connectivity index (χ2n) is 6.48. The number of hydrogen-bond acceptors (Lipinski definition) is 6. The van der Waals surface area contributed by atoms with E-state index in [1.54, 1.807) is 48.5 Å². The van der Waals surface area contributed by atoms with Gasteiger partial charge in [0.05, 0.1) is 4.92 Å². The predicted octanol–water partition coefficient (Wildman–Crippen LogP) is 3.67. The van der Waals surface area contributed by atoms with Crippen LogP contribution in [0.4, 0.5) is 5.69 Å². The standard InChI is InChI=1S/C22H18ClN3O6/c23-17-5-9-19(10-6-17)31-13-15-1-3-16(4-2-15)22(28)25-24-21(27)14-32-20-11-7-18(8-12-20)26(29)30/h1-12H,13-14H2,(H,24,27)(H,25,28). The summed E-state index contributed by atoms with van der Waals surface area (Å²) in [5, 5.41) is 11.2. The zero-order valence-electron chi connectivity index (χ0n) is 16.6. The van der Waals surface area contributed by atoms with Crippen LogP contribution in [0.5, 0.6) is 11.5 Å². The van der Waals surface area contributed by atoms with Gasteiger partial charge in [-0.2, -0.15) is 0 Å². The van der Waals surface area contributed by atoms with Crippen molar-refractivity contribution < 1.29 is 24.0 Å². The van der Waals surface area contributed by atoms with Gasteiger partial charge < -0.3 is 9.47 Å². The molecular formula is C22H18ClN3O6. The van der Waals surface area contributed by atoms with E-state index < -0.39 is 16.7 Å². The molecule has 0 atom stereocenters. The molecule has 0 saturated carbocycles. The fourth-order valence-corrected chi connectivity index (χ4v) is 2.62. The molecule has 0 aliphatic rings. The van der Waals surface area contributed by atoms with Crippen molar-refractivity contribution in [2.24, 2.45) is 0 Å². The fourth-order valence-electron chi connectivity index (χ4n) is 2.50. The number of carbonyl (C=O) groups is 2. The predicted molar refractivity (Wildman–Crippen MR) is 116 cm³/mol. The van der Waals surface area contributed by atoms with Crippen LogP contribution in [-0.2, 0) is 11.4 Å². The Hall–Kier alpha value is -4.11. The smallest absolute Gasteiger partial charge is 0.276 e. The Morgan fingerprint density at radius 3 is 2.06 bits per heavy atom. The molecule has 32 heavy (non-hydrogen) atoms. The van der Waals surface area contributed by atoms with E-state index in [0.717, 1.165) is 5.56 Å². The van der Waals surface area contributed by atoms with Gasteiger partial charge in [0, 0.05) is 22.7 Å². The van der Waals surface area contributed by atoms with Gasteiger partial charge in [-0.15, -0.1) is 0 Å². The Morgan fingerprint density at radius 2 is 1.44 bits per heavy atom. The summed E-state index contributed by atoms with van der Waals surface area (Å²) in [5.74, 6) is -0.132. The molecule has 3 aromatic rings. The second kappa shape index (κ2) is 10.8. The van der Waals surface area contributed by atoms with Crippen molar-refractivity contribution in [2.75, 3.05) is 6.61 Å². The van der Waals surface area contributed by atoms with E-state index in [1.807, 2.05) is 0 Å². The van der Waals surface area contributed by atoms with Gasteiger partial charge in [0.1, 0.15) is 18.1 Å². The maximum atomic E-state index is 12.2. The van der Waals surface area contributed by atoms with Crippen LogP contribution < -0.4 is 20.3 Å². The minimum absolute atomic E-state index is 0.0865. The van der Waals surface area contributed by atoms with Crippen LogP contribution in [0.1, 0.15) is 15.9 Å². The molecule has 0 aromatic heterocycles. The third kappa shape index (κ3) is 6.71. The van der Waals surface area contributed by atoms with E-state index in [9.17, 15) is 19.7 Å². The van der Waals surface area contributed by atoms with Gasteiger partial charge >= 0.3 is 0 Å². The first-order valence-corrected chi connectivity index (χ1v) is 9.72. The molecule has 164 valence electrons. The number of amides is 2. The second-order valence-corrected chi connectivity index (χ2v) is 6.92. The number of hydrazine groups is 1. The first kappa shape index (κ1) is 22.6. The number of nitrogens with zero attached hydrogens (tertiary/aromatic N) is 1. The topological polar surface area (TPSA) is 120 Å². The summed E-state index contributed by atoms with van der Waals surface area (Å²) < 4.78 is 10.9. The molecular weight excluding hydrogens is 438 g/mol. The van der Waals surface area contributed by atoms with Crippen molar-refractivity contribution >= 4 is 29.1 Å². The lowest BCUT2D eigenvalue weighted by atomic mass is 10.1. The molecule has 0 saturated heterocycles. The van der Waals surface area contributed by atoms with E-state index in [0.29, 0.717) is 22.9 Å². The third-order valence-electron chi connectivity index (χ3n) is 4.17. The van der Waals surface area contributed by atoms with E-state index >= 15 is 0 Å².